The van der Waals surface area contributed by atoms with Crippen LogP contribution in [0.15, 0.2) is 6.20 Å². The number of hydrogen-bond acceptors (Lipinski definition) is 3. The van der Waals surface area contributed by atoms with Crippen LogP contribution in [0.25, 0.3) is 0 Å². The number of aliphatic hydroxyl groups is 1. The zero-order valence-corrected chi connectivity index (χ0v) is 10.3. The topological polar surface area (TPSA) is 50.1 Å². The van der Waals surface area contributed by atoms with Crippen LogP contribution in [0, 0.1) is 5.41 Å². The molecule has 0 amide bonds. The van der Waals surface area contributed by atoms with Crippen molar-refractivity contribution in [3.05, 3.63) is 17.2 Å². The number of rotatable bonds is 6. The van der Waals surface area contributed by atoms with E-state index in [4.69, 9.17) is 16.7 Å². The van der Waals surface area contributed by atoms with E-state index < -0.39 is 0 Å². The average Bonchev–Trinajstić information content (AvgIpc) is 2.95. The van der Waals surface area contributed by atoms with Crippen LogP contribution in [0.4, 0.5) is 0 Å². The fourth-order valence-corrected chi connectivity index (χ4v) is 2.10. The van der Waals surface area contributed by atoms with E-state index in [1.807, 2.05) is 11.6 Å². The smallest absolute Gasteiger partial charge is 0.128 e. The van der Waals surface area contributed by atoms with E-state index in [1.54, 1.807) is 6.20 Å². The van der Waals surface area contributed by atoms with E-state index in [0.717, 1.165) is 25.3 Å². The molecule has 1 fully saturated rings. The van der Waals surface area contributed by atoms with Gasteiger partial charge in [-0.25, -0.2) is 4.98 Å². The first-order valence-electron chi connectivity index (χ1n) is 5.64. The van der Waals surface area contributed by atoms with E-state index in [-0.39, 0.29) is 6.61 Å². The van der Waals surface area contributed by atoms with E-state index in [9.17, 15) is 0 Å². The lowest BCUT2D eigenvalue weighted by Gasteiger charge is -2.14. The summed E-state index contributed by atoms with van der Waals surface area (Å²) in [5, 5.41) is 13.0. The minimum atomic E-state index is 0.288. The first kappa shape index (κ1) is 11.9. The molecule has 0 saturated heterocycles. The molecule has 5 heteroatoms. The molecule has 1 heterocycles. The second-order valence-corrected chi connectivity index (χ2v) is 5.02. The molecule has 90 valence electrons. The molecule has 0 aliphatic heterocycles. The normalized spacial score (nSPS) is 17.7. The number of hydrogen-bond donors (Lipinski definition) is 2. The molecule has 0 atom stereocenters. The average molecular weight is 244 g/mol. The molecule has 0 unspecified atom stereocenters. The quantitative estimate of drug-likeness (QED) is 0.793. The maximum atomic E-state index is 8.94. The number of aromatic nitrogens is 2. The second kappa shape index (κ2) is 4.73. The molecule has 1 aliphatic rings. The van der Waals surface area contributed by atoms with Gasteiger partial charge in [-0.2, -0.15) is 0 Å². The molecular weight excluding hydrogens is 226 g/mol. The Balaban J connectivity index is 1.78. The Morgan fingerprint density at radius 2 is 2.38 bits per heavy atom. The predicted octanol–water partition coefficient (Wildman–Crippen LogP) is 1.33. The van der Waals surface area contributed by atoms with Crippen LogP contribution in [0.3, 0.4) is 0 Å². The Bertz CT molecular complexity index is 360. The van der Waals surface area contributed by atoms with Gasteiger partial charge < -0.3 is 15.0 Å². The van der Waals surface area contributed by atoms with Crippen LogP contribution in [0.1, 0.15) is 25.1 Å². The summed E-state index contributed by atoms with van der Waals surface area (Å²) < 4.78 is 1.88. The summed E-state index contributed by atoms with van der Waals surface area (Å²) in [5.41, 5.74) is 0.351. The predicted molar refractivity (Wildman–Crippen MR) is 63.3 cm³/mol. The van der Waals surface area contributed by atoms with Gasteiger partial charge in [0.2, 0.25) is 0 Å². The minimum Gasteiger partial charge on any atom is -0.396 e. The summed E-state index contributed by atoms with van der Waals surface area (Å²) in [7, 11) is 1.91. The van der Waals surface area contributed by atoms with Crippen molar-refractivity contribution in [1.29, 1.82) is 0 Å². The Labute approximate surface area is 101 Å². The molecular formula is C11H18ClN3O. The number of aliphatic hydroxyl groups excluding tert-OH is 1. The summed E-state index contributed by atoms with van der Waals surface area (Å²) >= 11 is 5.90. The molecule has 2 N–H and O–H groups in total. The van der Waals surface area contributed by atoms with Crippen molar-refractivity contribution < 1.29 is 5.11 Å². The molecule has 1 aromatic heterocycles. The van der Waals surface area contributed by atoms with E-state index in [2.05, 4.69) is 10.3 Å². The van der Waals surface area contributed by atoms with Crippen molar-refractivity contribution in [2.75, 3.05) is 13.2 Å². The van der Waals surface area contributed by atoms with E-state index in [1.165, 1.54) is 12.8 Å². The highest BCUT2D eigenvalue weighted by atomic mass is 35.5. The van der Waals surface area contributed by atoms with Gasteiger partial charge in [0.05, 0.1) is 12.7 Å². The lowest BCUT2D eigenvalue weighted by Crippen LogP contribution is -2.25. The molecule has 1 aliphatic carbocycles. The molecule has 0 radical (unpaired) electrons. The number of nitrogens with zero attached hydrogens (tertiary/aromatic N) is 2. The van der Waals surface area contributed by atoms with E-state index >= 15 is 0 Å². The highest BCUT2D eigenvalue weighted by Crippen LogP contribution is 2.47. The minimum absolute atomic E-state index is 0.288. The lowest BCUT2D eigenvalue weighted by molar-refractivity contribution is 0.245. The van der Waals surface area contributed by atoms with Gasteiger partial charge in [0.1, 0.15) is 11.0 Å². The molecule has 1 saturated carbocycles. The summed E-state index contributed by atoms with van der Waals surface area (Å²) in [5.74, 6) is 0.949. The SMILES string of the molecule is Cn1c(Cl)cnc1CNCC1(CCO)CC1. The Morgan fingerprint density at radius 1 is 1.62 bits per heavy atom. The van der Waals surface area contributed by atoms with E-state index in [0.29, 0.717) is 10.6 Å². The molecule has 2 rings (SSSR count). The maximum absolute atomic E-state index is 8.94. The fourth-order valence-electron chi connectivity index (χ4n) is 1.96. The van der Waals surface area contributed by atoms with Crippen LogP contribution in [-0.4, -0.2) is 27.8 Å². The Kier molecular flexibility index (Phi) is 3.52. The highest BCUT2D eigenvalue weighted by Gasteiger charge is 2.41. The second-order valence-electron chi connectivity index (χ2n) is 4.63. The van der Waals surface area contributed by atoms with Crippen molar-refractivity contribution in [3.8, 4) is 0 Å². The van der Waals surface area contributed by atoms with Gasteiger partial charge in [0.25, 0.3) is 0 Å². The number of halogens is 1. The van der Waals surface area contributed by atoms with Crippen molar-refractivity contribution in [1.82, 2.24) is 14.9 Å². The standard InChI is InChI=1S/C11H18ClN3O/c1-15-9(12)6-14-10(15)7-13-8-11(2-3-11)4-5-16/h6,13,16H,2-5,7-8H2,1H3. The largest absolute Gasteiger partial charge is 0.396 e. The van der Waals surface area contributed by atoms with Crippen LogP contribution in [-0.2, 0) is 13.6 Å². The van der Waals surface area contributed by atoms with Gasteiger partial charge in [-0.05, 0) is 24.7 Å². The van der Waals surface area contributed by atoms with Crippen LogP contribution in [0.5, 0.6) is 0 Å². The van der Waals surface area contributed by atoms with Gasteiger partial charge in [0, 0.05) is 20.2 Å². The summed E-state index contributed by atoms with van der Waals surface area (Å²) in [6.45, 7) is 1.98. The fraction of sp³-hybridized carbons (Fsp3) is 0.727. The zero-order valence-electron chi connectivity index (χ0n) is 9.54. The molecule has 0 bridgehead atoms. The molecule has 4 nitrogen and oxygen atoms in total. The monoisotopic (exact) mass is 243 g/mol. The number of imidazole rings is 1. The van der Waals surface area contributed by atoms with Gasteiger partial charge in [-0.1, -0.05) is 11.6 Å². The van der Waals surface area contributed by atoms with Gasteiger partial charge in [-0.15, -0.1) is 0 Å². The van der Waals surface area contributed by atoms with Gasteiger partial charge in [-0.3, -0.25) is 0 Å². The van der Waals surface area contributed by atoms with Crippen molar-refractivity contribution in [2.45, 2.75) is 25.8 Å². The third-order valence-electron chi connectivity index (χ3n) is 3.41. The summed E-state index contributed by atoms with van der Waals surface area (Å²) in [4.78, 5) is 4.22. The first-order chi connectivity index (χ1) is 7.67. The molecule has 1 aromatic rings. The Morgan fingerprint density at radius 3 is 2.88 bits per heavy atom. The van der Waals surface area contributed by atoms with Crippen molar-refractivity contribution >= 4 is 11.6 Å². The highest BCUT2D eigenvalue weighted by molar-refractivity contribution is 6.29. The van der Waals surface area contributed by atoms with Crippen LogP contribution >= 0.6 is 11.6 Å². The summed E-state index contributed by atoms with van der Waals surface area (Å²) in [6, 6.07) is 0. The maximum Gasteiger partial charge on any atom is 0.128 e. The van der Waals surface area contributed by atoms with Gasteiger partial charge >= 0.3 is 0 Å². The van der Waals surface area contributed by atoms with Crippen molar-refractivity contribution in [3.63, 3.8) is 0 Å². The molecule has 16 heavy (non-hydrogen) atoms. The van der Waals surface area contributed by atoms with Crippen molar-refractivity contribution in [2.24, 2.45) is 12.5 Å². The zero-order chi connectivity index (χ0) is 11.6. The molecule has 0 spiro atoms. The lowest BCUT2D eigenvalue weighted by atomic mass is 10.0. The van der Waals surface area contributed by atoms with Crippen LogP contribution < -0.4 is 5.32 Å². The first-order valence-corrected chi connectivity index (χ1v) is 6.02. The Hall–Kier alpha value is -0.580. The third-order valence-corrected chi connectivity index (χ3v) is 3.76. The van der Waals surface area contributed by atoms with Gasteiger partial charge in [0.15, 0.2) is 0 Å². The third kappa shape index (κ3) is 2.56. The summed E-state index contributed by atoms with van der Waals surface area (Å²) in [6.07, 6.45) is 5.02. The van der Waals surface area contributed by atoms with Crippen LogP contribution in [0.2, 0.25) is 5.15 Å². The molecule has 0 aromatic carbocycles. The number of nitrogens with one attached hydrogen (secondary N) is 1.